The second kappa shape index (κ2) is 14.1. The fourth-order valence-corrected chi connectivity index (χ4v) is 6.82. The molecular formula is C28H39Cl2N2O8P. The number of phenols is 1. The van der Waals surface area contributed by atoms with Crippen molar-refractivity contribution >= 4 is 42.6 Å². The lowest BCUT2D eigenvalue weighted by molar-refractivity contribution is -0.149. The van der Waals surface area contributed by atoms with Gasteiger partial charge < -0.3 is 24.1 Å². The van der Waals surface area contributed by atoms with E-state index in [0.29, 0.717) is 11.3 Å². The van der Waals surface area contributed by atoms with Crippen molar-refractivity contribution in [1.82, 2.24) is 10.2 Å². The van der Waals surface area contributed by atoms with Crippen LogP contribution in [0.5, 0.6) is 23.0 Å². The summed E-state index contributed by atoms with van der Waals surface area (Å²) in [6, 6.07) is 7.68. The van der Waals surface area contributed by atoms with Gasteiger partial charge in [-0.2, -0.15) is 0 Å². The summed E-state index contributed by atoms with van der Waals surface area (Å²) in [4.78, 5) is 25.1. The van der Waals surface area contributed by atoms with E-state index in [9.17, 15) is 19.3 Å². The molecule has 0 radical (unpaired) electrons. The minimum atomic E-state index is -3.86. The number of carbonyl (C=O) groups is 2. The Hall–Kier alpha value is -2.49. The molecular weight excluding hydrogens is 594 g/mol. The van der Waals surface area contributed by atoms with E-state index in [-0.39, 0.29) is 46.4 Å². The quantitative estimate of drug-likeness (QED) is 0.147. The highest BCUT2D eigenvalue weighted by atomic mass is 35.5. The molecule has 13 heteroatoms. The third-order valence-corrected chi connectivity index (χ3v) is 8.61. The predicted octanol–water partition coefficient (Wildman–Crippen LogP) is 7.01. The van der Waals surface area contributed by atoms with Gasteiger partial charge in [0.25, 0.3) is 0 Å². The Labute approximate surface area is 251 Å². The van der Waals surface area contributed by atoms with Crippen molar-refractivity contribution in [2.75, 3.05) is 19.6 Å². The number of hydrogen-bond acceptors (Lipinski definition) is 8. The zero-order valence-corrected chi connectivity index (χ0v) is 27.0. The lowest BCUT2D eigenvalue weighted by Gasteiger charge is -2.35. The molecule has 10 nitrogen and oxygen atoms in total. The normalized spacial score (nSPS) is 12.3. The first-order valence-corrected chi connectivity index (χ1v) is 15.7. The zero-order valence-electron chi connectivity index (χ0n) is 24.6. The Morgan fingerprint density at radius 2 is 1.39 bits per heavy atom. The van der Waals surface area contributed by atoms with Crippen molar-refractivity contribution in [3.63, 3.8) is 0 Å². The van der Waals surface area contributed by atoms with Gasteiger partial charge in [0.1, 0.15) is 28.3 Å². The minimum absolute atomic E-state index is 0.0563. The molecule has 0 saturated heterocycles. The van der Waals surface area contributed by atoms with E-state index in [1.807, 2.05) is 13.8 Å². The number of esters is 2. The second-order valence-corrected chi connectivity index (χ2v) is 13.6. The van der Waals surface area contributed by atoms with E-state index in [0.717, 1.165) is 0 Å². The molecule has 3 N–H and O–H groups in total. The second-order valence-electron chi connectivity index (χ2n) is 10.6. The summed E-state index contributed by atoms with van der Waals surface area (Å²) in [5.41, 5.74) is -2.11. The van der Waals surface area contributed by atoms with Crippen LogP contribution in [-0.2, 0) is 23.6 Å². The fraction of sp³-hybridized carbons (Fsp3) is 0.500. The number of benzene rings is 2. The Morgan fingerprint density at radius 3 is 1.83 bits per heavy atom. The molecule has 0 fully saturated rings. The third kappa shape index (κ3) is 9.51. The highest BCUT2D eigenvalue weighted by molar-refractivity contribution is 7.59. The van der Waals surface area contributed by atoms with Gasteiger partial charge in [-0.1, -0.05) is 37.0 Å². The summed E-state index contributed by atoms with van der Waals surface area (Å²) in [6.45, 7) is 13.5. The molecule has 0 heterocycles. The van der Waals surface area contributed by atoms with Gasteiger partial charge >= 0.3 is 11.9 Å². The molecule has 2 aromatic rings. The summed E-state index contributed by atoms with van der Waals surface area (Å²) in [7, 11) is -3.86. The topological polar surface area (TPSA) is 132 Å². The number of hydrogen-bond donors (Lipinski definition) is 3. The molecule has 0 aromatic heterocycles. The average Bonchev–Trinajstić information content (AvgIpc) is 2.85. The van der Waals surface area contributed by atoms with Gasteiger partial charge in [0, 0.05) is 17.7 Å². The van der Waals surface area contributed by atoms with Crippen molar-refractivity contribution in [2.45, 2.75) is 72.4 Å². The number of aromatic hydroxyl groups is 1. The molecule has 41 heavy (non-hydrogen) atoms. The van der Waals surface area contributed by atoms with E-state index in [1.165, 1.54) is 45.9 Å². The van der Waals surface area contributed by atoms with E-state index in [1.54, 1.807) is 26.0 Å². The molecule has 0 aliphatic heterocycles. The third-order valence-electron chi connectivity index (χ3n) is 5.72. The highest BCUT2D eigenvalue weighted by Crippen LogP contribution is 2.45. The molecule has 0 aliphatic carbocycles. The van der Waals surface area contributed by atoms with Crippen LogP contribution in [0.3, 0.4) is 0 Å². The standard InChI is InChI=1S/C28H39Cl2N2O8P/c1-9-37-25(34)27(5,6)31-41(36,32-28(7,8)26(35)38-10-2)16-39-19-14-21(29)24(22(30)15-19)40-18-11-12-23(33)20(13-18)17(3)4/h11-15,17,33H,9-10,16H2,1-8H3,(H2,31,32,36). The molecule has 2 rings (SSSR count). The lowest BCUT2D eigenvalue weighted by atomic mass is 10.0. The minimum Gasteiger partial charge on any atom is -0.508 e. The maximum absolute atomic E-state index is 14.2. The van der Waals surface area contributed by atoms with Crippen LogP contribution in [0, 0.1) is 0 Å². The first-order chi connectivity index (χ1) is 18.9. The van der Waals surface area contributed by atoms with Gasteiger partial charge in [-0.05, 0) is 65.7 Å². The number of nitrogens with one attached hydrogen (secondary N) is 2. The Morgan fingerprint density at radius 1 is 0.902 bits per heavy atom. The summed E-state index contributed by atoms with van der Waals surface area (Å²) >= 11 is 12.9. The van der Waals surface area contributed by atoms with Gasteiger partial charge in [-0.3, -0.25) is 14.2 Å². The van der Waals surface area contributed by atoms with Gasteiger partial charge in [0.05, 0.1) is 23.3 Å². The highest BCUT2D eigenvalue weighted by Gasteiger charge is 2.43. The molecule has 0 amide bonds. The molecule has 0 saturated carbocycles. The Balaban J connectivity index is 2.34. The molecule has 0 aliphatic rings. The van der Waals surface area contributed by atoms with Gasteiger partial charge in [-0.15, -0.1) is 0 Å². The molecule has 0 unspecified atom stereocenters. The van der Waals surface area contributed by atoms with Crippen LogP contribution >= 0.6 is 30.6 Å². The summed E-state index contributed by atoms with van der Waals surface area (Å²) in [5, 5.41) is 15.9. The van der Waals surface area contributed by atoms with E-state index in [4.69, 9.17) is 42.1 Å². The summed E-state index contributed by atoms with van der Waals surface area (Å²) in [5.74, 6) is -0.334. The Kier molecular flexibility index (Phi) is 12.0. The van der Waals surface area contributed by atoms with E-state index < -0.39 is 36.8 Å². The molecule has 0 atom stereocenters. The van der Waals surface area contributed by atoms with Gasteiger partial charge in [0.2, 0.25) is 7.44 Å². The van der Waals surface area contributed by atoms with Crippen LogP contribution in [0.2, 0.25) is 10.0 Å². The van der Waals surface area contributed by atoms with Crippen LogP contribution in [0.25, 0.3) is 0 Å². The summed E-state index contributed by atoms with van der Waals surface area (Å²) in [6.07, 6.45) is -0.499. The van der Waals surface area contributed by atoms with Crippen molar-refractivity contribution in [3.05, 3.63) is 45.9 Å². The number of halogens is 2. The molecule has 0 bridgehead atoms. The molecule has 2 aromatic carbocycles. The molecule has 228 valence electrons. The number of ether oxygens (including phenoxy) is 4. The number of carbonyl (C=O) groups excluding carboxylic acids is 2. The number of rotatable bonds is 14. The zero-order chi connectivity index (χ0) is 31.2. The van der Waals surface area contributed by atoms with Crippen molar-refractivity contribution in [1.29, 1.82) is 0 Å². The van der Waals surface area contributed by atoms with Gasteiger partial charge in [0.15, 0.2) is 12.1 Å². The SMILES string of the molecule is CCOC(=O)C(C)(C)NP(=O)(COc1cc(Cl)c(Oc2ccc(O)c(C(C)C)c2)c(Cl)c1)NC(C)(C)C(=O)OCC. The average molecular weight is 634 g/mol. The smallest absolute Gasteiger partial charge is 0.326 e. The number of phenolic OH excluding ortho intramolecular Hbond substituents is 1. The maximum atomic E-state index is 14.2. The fourth-order valence-electron chi connectivity index (χ4n) is 3.77. The maximum Gasteiger partial charge on any atom is 0.326 e. The molecule has 0 spiro atoms. The van der Waals surface area contributed by atoms with Crippen LogP contribution in [0.4, 0.5) is 0 Å². The van der Waals surface area contributed by atoms with Crippen LogP contribution in [0.1, 0.15) is 66.9 Å². The monoisotopic (exact) mass is 632 g/mol. The van der Waals surface area contributed by atoms with Gasteiger partial charge in [-0.25, -0.2) is 10.2 Å². The largest absolute Gasteiger partial charge is 0.508 e. The van der Waals surface area contributed by atoms with Crippen LogP contribution < -0.4 is 19.6 Å². The Bertz CT molecular complexity index is 1240. The predicted molar refractivity (Wildman–Crippen MR) is 160 cm³/mol. The summed E-state index contributed by atoms with van der Waals surface area (Å²) < 4.78 is 36.1. The van der Waals surface area contributed by atoms with Crippen molar-refractivity contribution in [3.8, 4) is 23.0 Å². The van der Waals surface area contributed by atoms with Crippen LogP contribution in [0.15, 0.2) is 30.3 Å². The van der Waals surface area contributed by atoms with Crippen LogP contribution in [-0.4, -0.2) is 47.7 Å². The van der Waals surface area contributed by atoms with E-state index in [2.05, 4.69) is 10.2 Å². The van der Waals surface area contributed by atoms with E-state index >= 15 is 0 Å². The first kappa shape index (κ1) is 34.7. The van der Waals surface area contributed by atoms with Crippen molar-refractivity contribution in [2.24, 2.45) is 0 Å². The lowest BCUT2D eigenvalue weighted by Crippen LogP contribution is -2.54. The first-order valence-electron chi connectivity index (χ1n) is 13.1. The van der Waals surface area contributed by atoms with Crippen molar-refractivity contribution < 1.29 is 38.2 Å².